The Morgan fingerprint density at radius 1 is 1.17 bits per heavy atom. The van der Waals surface area contributed by atoms with Crippen LogP contribution >= 0.6 is 23.2 Å². The van der Waals surface area contributed by atoms with Gasteiger partial charge in [-0.25, -0.2) is 0 Å². The van der Waals surface area contributed by atoms with Gasteiger partial charge in [-0.2, -0.15) is 0 Å². The third-order valence-corrected chi connectivity index (χ3v) is 5.42. The first-order valence-electron chi connectivity index (χ1n) is 7.78. The van der Waals surface area contributed by atoms with Crippen molar-refractivity contribution in [2.24, 2.45) is 5.92 Å². The minimum atomic E-state index is -1.16. The van der Waals surface area contributed by atoms with Gasteiger partial charge >= 0.3 is 0 Å². The lowest BCUT2D eigenvalue weighted by Crippen LogP contribution is -2.29. The van der Waals surface area contributed by atoms with E-state index in [9.17, 15) is 9.90 Å². The molecule has 3 atom stereocenters. The Hall–Kier alpha value is -1.97. The second-order valence-electron chi connectivity index (χ2n) is 6.23. The van der Waals surface area contributed by atoms with Crippen LogP contribution in [0, 0.1) is 5.92 Å². The maximum Gasteiger partial charge on any atom is 0.0715 e. The van der Waals surface area contributed by atoms with Crippen LogP contribution in [0.5, 0.6) is 0 Å². The van der Waals surface area contributed by atoms with Crippen LogP contribution in [-0.4, -0.2) is 5.97 Å². The van der Waals surface area contributed by atoms with Crippen molar-refractivity contribution in [1.29, 1.82) is 0 Å². The van der Waals surface area contributed by atoms with E-state index in [4.69, 9.17) is 23.2 Å². The molecule has 1 aliphatic heterocycles. The van der Waals surface area contributed by atoms with E-state index in [1.54, 1.807) is 18.2 Å². The molecule has 2 aliphatic rings. The highest BCUT2D eigenvalue weighted by atomic mass is 35.5. The number of hydrogen-bond acceptors (Lipinski definition) is 3. The molecule has 0 unspecified atom stereocenters. The highest BCUT2D eigenvalue weighted by Gasteiger charge is 2.39. The Morgan fingerprint density at radius 2 is 1.92 bits per heavy atom. The molecule has 2 aromatic rings. The lowest BCUT2D eigenvalue weighted by Gasteiger charge is -2.38. The van der Waals surface area contributed by atoms with Crippen LogP contribution in [0.1, 0.15) is 39.9 Å². The molecule has 1 heterocycles. The summed E-state index contributed by atoms with van der Waals surface area (Å²) in [5.74, 6) is -0.593. The predicted octanol–water partition coefficient (Wildman–Crippen LogP) is 4.18. The van der Waals surface area contributed by atoms with Crippen molar-refractivity contribution in [3.63, 3.8) is 0 Å². The number of carbonyl (C=O) groups excluding carboxylic acids is 1. The van der Waals surface area contributed by atoms with E-state index in [2.05, 4.69) is 17.5 Å². The number of nitrogens with one attached hydrogen (secondary N) is 1. The summed E-state index contributed by atoms with van der Waals surface area (Å²) in [6.07, 6.45) is 5.33. The largest absolute Gasteiger partial charge is 0.545 e. The highest BCUT2D eigenvalue weighted by Crippen LogP contribution is 2.52. The Bertz CT molecular complexity index is 845. The van der Waals surface area contributed by atoms with Crippen LogP contribution in [0.15, 0.2) is 48.6 Å². The van der Waals surface area contributed by atoms with E-state index in [0.29, 0.717) is 16.0 Å². The van der Waals surface area contributed by atoms with Crippen molar-refractivity contribution in [3.05, 3.63) is 75.3 Å². The van der Waals surface area contributed by atoms with Gasteiger partial charge in [0.1, 0.15) is 0 Å². The number of carboxylic acids is 1. The predicted molar refractivity (Wildman–Crippen MR) is 93.6 cm³/mol. The molecule has 0 amide bonds. The average Bonchev–Trinajstić information content (AvgIpc) is 3.02. The third-order valence-electron chi connectivity index (χ3n) is 4.89. The quantitative estimate of drug-likeness (QED) is 0.819. The molecule has 4 rings (SSSR count). The van der Waals surface area contributed by atoms with Crippen LogP contribution in [0.2, 0.25) is 10.0 Å². The second kappa shape index (κ2) is 5.83. The first kappa shape index (κ1) is 15.6. The van der Waals surface area contributed by atoms with Gasteiger partial charge in [-0.05, 0) is 35.6 Å². The molecule has 0 saturated heterocycles. The van der Waals surface area contributed by atoms with Crippen molar-refractivity contribution in [2.75, 3.05) is 5.32 Å². The number of halogens is 2. The molecule has 0 saturated carbocycles. The van der Waals surface area contributed by atoms with E-state index in [-0.39, 0.29) is 17.5 Å². The molecule has 0 fully saturated rings. The zero-order chi connectivity index (χ0) is 16.8. The topological polar surface area (TPSA) is 52.2 Å². The van der Waals surface area contributed by atoms with Crippen molar-refractivity contribution >= 4 is 34.9 Å². The number of allylic oxidation sites excluding steroid dienone is 2. The normalized spacial score (nSPS) is 24.2. The lowest BCUT2D eigenvalue weighted by molar-refractivity contribution is -0.255. The molecular weight excluding hydrogens is 345 g/mol. The number of anilines is 1. The summed E-state index contributed by atoms with van der Waals surface area (Å²) in [7, 11) is 0. The fourth-order valence-electron chi connectivity index (χ4n) is 3.80. The van der Waals surface area contributed by atoms with E-state index in [1.807, 2.05) is 18.2 Å². The molecule has 2 aromatic carbocycles. The van der Waals surface area contributed by atoms with Crippen LogP contribution in [0.4, 0.5) is 5.69 Å². The van der Waals surface area contributed by atoms with Crippen molar-refractivity contribution < 1.29 is 9.90 Å². The Morgan fingerprint density at radius 3 is 2.62 bits per heavy atom. The van der Waals surface area contributed by atoms with E-state index >= 15 is 0 Å². The van der Waals surface area contributed by atoms with Gasteiger partial charge in [0.05, 0.1) is 12.0 Å². The van der Waals surface area contributed by atoms with Crippen LogP contribution in [0.25, 0.3) is 0 Å². The Balaban J connectivity index is 1.76. The lowest BCUT2D eigenvalue weighted by atomic mass is 9.77. The summed E-state index contributed by atoms with van der Waals surface area (Å²) in [5, 5.41) is 15.8. The summed E-state index contributed by atoms with van der Waals surface area (Å²) in [4.78, 5) is 10.9. The van der Waals surface area contributed by atoms with E-state index < -0.39 is 5.97 Å². The SMILES string of the molecule is O=C([O-])c1ccc([C@@H]2Nc3cc(Cl)cc(Cl)c3[C@@H]3C=CC[C@H]32)cc1. The number of benzene rings is 2. The molecule has 0 radical (unpaired) electrons. The molecule has 122 valence electrons. The van der Waals surface area contributed by atoms with Gasteiger partial charge in [0.2, 0.25) is 0 Å². The number of hydrogen-bond donors (Lipinski definition) is 1. The maximum atomic E-state index is 10.9. The number of rotatable bonds is 2. The fraction of sp³-hybridized carbons (Fsp3) is 0.211. The smallest absolute Gasteiger partial charge is 0.0715 e. The number of carbonyl (C=O) groups is 1. The van der Waals surface area contributed by atoms with Gasteiger partial charge in [-0.3, -0.25) is 0 Å². The second-order valence-corrected chi connectivity index (χ2v) is 7.08. The first-order chi connectivity index (χ1) is 11.5. The van der Waals surface area contributed by atoms with Crippen LogP contribution in [-0.2, 0) is 0 Å². The summed E-state index contributed by atoms with van der Waals surface area (Å²) in [6, 6.07) is 10.6. The standard InChI is InChI=1S/C19H15Cl2NO2/c20-12-8-15(21)17-13-2-1-3-14(13)18(22-16(17)9-12)10-4-6-11(7-5-10)19(23)24/h1-2,4-9,13-14,18,22H,3H2,(H,23,24)/p-1/t13-,14-,18+/m1/s1. The zero-order valence-electron chi connectivity index (χ0n) is 12.6. The Kier molecular flexibility index (Phi) is 3.78. The molecule has 1 aliphatic carbocycles. The van der Waals surface area contributed by atoms with Crippen molar-refractivity contribution in [2.45, 2.75) is 18.4 Å². The zero-order valence-corrected chi connectivity index (χ0v) is 14.1. The molecule has 24 heavy (non-hydrogen) atoms. The van der Waals surface area contributed by atoms with Gasteiger partial charge in [0.25, 0.3) is 0 Å². The van der Waals surface area contributed by atoms with Crippen molar-refractivity contribution in [3.8, 4) is 0 Å². The maximum absolute atomic E-state index is 10.9. The van der Waals surface area contributed by atoms with Crippen LogP contribution < -0.4 is 10.4 Å². The number of aromatic carboxylic acids is 1. The van der Waals surface area contributed by atoms with Gasteiger partial charge < -0.3 is 15.2 Å². The molecule has 3 nitrogen and oxygen atoms in total. The molecular formula is C19H14Cl2NO2-. The number of fused-ring (bicyclic) bond motifs is 3. The summed E-state index contributed by atoms with van der Waals surface area (Å²) < 4.78 is 0. The third kappa shape index (κ3) is 2.48. The van der Waals surface area contributed by atoms with Crippen molar-refractivity contribution in [1.82, 2.24) is 0 Å². The fourth-order valence-corrected chi connectivity index (χ4v) is 4.42. The number of carboxylic acid groups (broad SMARTS) is 1. The molecule has 5 heteroatoms. The minimum absolute atomic E-state index is 0.0721. The van der Waals surface area contributed by atoms with Gasteiger partial charge in [0.15, 0.2) is 0 Å². The van der Waals surface area contributed by atoms with E-state index in [0.717, 1.165) is 23.2 Å². The summed E-state index contributed by atoms with van der Waals surface area (Å²) in [5.41, 5.74) is 3.25. The Labute approximate surface area is 149 Å². The highest BCUT2D eigenvalue weighted by molar-refractivity contribution is 6.35. The summed E-state index contributed by atoms with van der Waals surface area (Å²) >= 11 is 12.6. The summed E-state index contributed by atoms with van der Waals surface area (Å²) in [6.45, 7) is 0. The molecule has 1 N–H and O–H groups in total. The van der Waals surface area contributed by atoms with Crippen LogP contribution in [0.3, 0.4) is 0 Å². The molecule has 0 spiro atoms. The first-order valence-corrected chi connectivity index (χ1v) is 8.53. The van der Waals surface area contributed by atoms with E-state index in [1.165, 1.54) is 0 Å². The van der Waals surface area contributed by atoms with Gasteiger partial charge in [-0.15, -0.1) is 0 Å². The monoisotopic (exact) mass is 358 g/mol. The average molecular weight is 359 g/mol. The minimum Gasteiger partial charge on any atom is -0.545 e. The molecule has 0 aromatic heterocycles. The van der Waals surface area contributed by atoms with Gasteiger partial charge in [0, 0.05) is 27.2 Å². The van der Waals surface area contributed by atoms with Gasteiger partial charge in [-0.1, -0.05) is 59.6 Å². The molecule has 0 bridgehead atoms.